The predicted octanol–water partition coefficient (Wildman–Crippen LogP) is 1.53. The topological polar surface area (TPSA) is 103 Å². The summed E-state index contributed by atoms with van der Waals surface area (Å²) in [7, 11) is 0. The molecule has 1 amide bonds. The van der Waals surface area contributed by atoms with E-state index < -0.39 is 5.91 Å². The third-order valence-corrected chi connectivity index (χ3v) is 5.44. The minimum atomic E-state index is -0.546. The molecule has 3 aromatic rings. The number of hydrogen-bond acceptors (Lipinski definition) is 7. The molecular weight excluding hydrogens is 326 g/mol. The van der Waals surface area contributed by atoms with Crippen LogP contribution in [0.15, 0.2) is 17.9 Å². The number of carbonyl (C=O) groups is 1. The van der Waals surface area contributed by atoms with Crippen LogP contribution < -0.4 is 10.6 Å². The van der Waals surface area contributed by atoms with Crippen molar-refractivity contribution < 1.29 is 4.79 Å². The standard InChI is InChI=1S/C15H17N7OS/c1-9-7-24-15-12(9)14(17-8-18-15)21-4-2-10(3-5-21)22-6-11(13(16)23)19-20-22/h6-8,10H,2-5H2,1H3,(H2,16,23). The van der Waals surface area contributed by atoms with E-state index in [4.69, 9.17) is 5.73 Å². The number of nitrogens with two attached hydrogens (primary N) is 1. The smallest absolute Gasteiger partial charge is 0.270 e. The SMILES string of the molecule is Cc1csc2ncnc(N3CCC(n4cc(C(N)=O)nn4)CC3)c12. The summed E-state index contributed by atoms with van der Waals surface area (Å²) in [5, 5.41) is 11.1. The van der Waals surface area contributed by atoms with Gasteiger partial charge in [-0.05, 0) is 30.7 Å². The summed E-state index contributed by atoms with van der Waals surface area (Å²) in [5.74, 6) is 0.462. The molecule has 1 aliphatic rings. The van der Waals surface area contributed by atoms with E-state index >= 15 is 0 Å². The van der Waals surface area contributed by atoms with Gasteiger partial charge in [0.1, 0.15) is 17.0 Å². The summed E-state index contributed by atoms with van der Waals surface area (Å²) in [5.41, 5.74) is 6.66. The molecule has 0 aliphatic carbocycles. The van der Waals surface area contributed by atoms with Crippen LogP contribution in [0.25, 0.3) is 10.2 Å². The molecule has 0 bridgehead atoms. The lowest BCUT2D eigenvalue weighted by molar-refractivity contribution is 0.0995. The summed E-state index contributed by atoms with van der Waals surface area (Å²) >= 11 is 1.65. The molecule has 0 aromatic carbocycles. The van der Waals surface area contributed by atoms with Gasteiger partial charge in [-0.15, -0.1) is 16.4 Å². The number of rotatable bonds is 3. The number of aromatic nitrogens is 5. The number of primary amides is 1. The zero-order valence-corrected chi connectivity index (χ0v) is 14.0. The number of thiophene rings is 1. The van der Waals surface area contributed by atoms with Gasteiger partial charge in [-0.3, -0.25) is 4.79 Å². The lowest BCUT2D eigenvalue weighted by Crippen LogP contribution is -2.35. The molecule has 0 unspecified atom stereocenters. The molecule has 1 fully saturated rings. The van der Waals surface area contributed by atoms with Crippen LogP contribution in [0.2, 0.25) is 0 Å². The van der Waals surface area contributed by atoms with E-state index in [1.54, 1.807) is 28.5 Å². The summed E-state index contributed by atoms with van der Waals surface area (Å²) in [6, 6.07) is 0.225. The molecule has 0 saturated carbocycles. The van der Waals surface area contributed by atoms with Crippen LogP contribution in [0.3, 0.4) is 0 Å². The van der Waals surface area contributed by atoms with Crippen molar-refractivity contribution in [2.75, 3.05) is 18.0 Å². The number of hydrogen-bond donors (Lipinski definition) is 1. The van der Waals surface area contributed by atoms with E-state index in [0.717, 1.165) is 42.0 Å². The Morgan fingerprint density at radius 3 is 2.83 bits per heavy atom. The quantitative estimate of drug-likeness (QED) is 0.773. The molecule has 0 atom stereocenters. The largest absolute Gasteiger partial charge is 0.364 e. The number of anilines is 1. The second kappa shape index (κ2) is 5.82. The molecule has 2 N–H and O–H groups in total. The molecule has 0 spiro atoms. The zero-order chi connectivity index (χ0) is 16.7. The maximum absolute atomic E-state index is 11.1. The lowest BCUT2D eigenvalue weighted by atomic mass is 10.0. The minimum Gasteiger partial charge on any atom is -0.364 e. The predicted molar refractivity (Wildman–Crippen MR) is 91.2 cm³/mol. The lowest BCUT2D eigenvalue weighted by Gasteiger charge is -2.33. The Hall–Kier alpha value is -2.55. The van der Waals surface area contributed by atoms with Crippen molar-refractivity contribution in [2.24, 2.45) is 5.73 Å². The fraction of sp³-hybridized carbons (Fsp3) is 0.400. The van der Waals surface area contributed by atoms with E-state index in [1.807, 2.05) is 0 Å². The van der Waals surface area contributed by atoms with Crippen LogP contribution in [-0.2, 0) is 0 Å². The Balaban J connectivity index is 1.53. The number of aryl methyl sites for hydroxylation is 1. The van der Waals surface area contributed by atoms with Crippen molar-refractivity contribution in [3.63, 3.8) is 0 Å². The van der Waals surface area contributed by atoms with Gasteiger partial charge in [0, 0.05) is 13.1 Å². The Labute approximate surface area is 142 Å². The zero-order valence-electron chi connectivity index (χ0n) is 13.2. The fourth-order valence-electron chi connectivity index (χ4n) is 3.15. The van der Waals surface area contributed by atoms with Gasteiger partial charge in [0.25, 0.3) is 5.91 Å². The van der Waals surface area contributed by atoms with Crippen LogP contribution >= 0.6 is 11.3 Å². The maximum Gasteiger partial charge on any atom is 0.270 e. The van der Waals surface area contributed by atoms with Crippen molar-refractivity contribution in [3.05, 3.63) is 29.2 Å². The van der Waals surface area contributed by atoms with Crippen LogP contribution in [0.4, 0.5) is 5.82 Å². The van der Waals surface area contributed by atoms with Crippen molar-refractivity contribution in [1.29, 1.82) is 0 Å². The second-order valence-electron chi connectivity index (χ2n) is 5.96. The minimum absolute atomic E-state index is 0.212. The van der Waals surface area contributed by atoms with E-state index in [2.05, 4.69) is 37.5 Å². The van der Waals surface area contributed by atoms with E-state index in [-0.39, 0.29) is 11.7 Å². The fourth-order valence-corrected chi connectivity index (χ4v) is 4.03. The van der Waals surface area contributed by atoms with Gasteiger partial charge >= 0.3 is 0 Å². The molecule has 3 aromatic heterocycles. The van der Waals surface area contributed by atoms with Gasteiger partial charge in [-0.25, -0.2) is 14.6 Å². The molecule has 1 saturated heterocycles. The second-order valence-corrected chi connectivity index (χ2v) is 6.82. The highest BCUT2D eigenvalue weighted by molar-refractivity contribution is 7.17. The number of fused-ring (bicyclic) bond motifs is 1. The Kier molecular flexibility index (Phi) is 3.64. The third-order valence-electron chi connectivity index (χ3n) is 4.44. The summed E-state index contributed by atoms with van der Waals surface area (Å²) in [6.07, 6.45) is 5.09. The third kappa shape index (κ3) is 2.50. The van der Waals surface area contributed by atoms with Crippen molar-refractivity contribution >= 4 is 33.3 Å². The Morgan fingerprint density at radius 2 is 2.12 bits per heavy atom. The molecule has 24 heavy (non-hydrogen) atoms. The number of nitrogens with zero attached hydrogens (tertiary/aromatic N) is 6. The summed E-state index contributed by atoms with van der Waals surface area (Å²) < 4.78 is 1.75. The highest BCUT2D eigenvalue weighted by atomic mass is 32.1. The van der Waals surface area contributed by atoms with Crippen LogP contribution in [0.5, 0.6) is 0 Å². The molecule has 4 rings (SSSR count). The summed E-state index contributed by atoms with van der Waals surface area (Å²) in [4.78, 5) is 23.3. The first-order valence-corrected chi connectivity index (χ1v) is 8.67. The van der Waals surface area contributed by atoms with Crippen molar-refractivity contribution in [2.45, 2.75) is 25.8 Å². The van der Waals surface area contributed by atoms with Gasteiger partial charge in [0.2, 0.25) is 0 Å². The average molecular weight is 343 g/mol. The van der Waals surface area contributed by atoms with Gasteiger partial charge in [-0.1, -0.05) is 5.21 Å². The highest BCUT2D eigenvalue weighted by Gasteiger charge is 2.25. The van der Waals surface area contributed by atoms with E-state index in [9.17, 15) is 4.79 Å². The maximum atomic E-state index is 11.1. The average Bonchev–Trinajstić information content (AvgIpc) is 3.23. The molecule has 0 radical (unpaired) electrons. The first kappa shape index (κ1) is 15.0. The normalized spacial score (nSPS) is 16.0. The van der Waals surface area contributed by atoms with E-state index in [0.29, 0.717) is 0 Å². The molecular formula is C15H17N7OS. The van der Waals surface area contributed by atoms with Crippen LogP contribution in [0.1, 0.15) is 34.9 Å². The molecule has 1 aliphatic heterocycles. The molecule has 4 heterocycles. The number of amides is 1. The van der Waals surface area contributed by atoms with Crippen molar-refractivity contribution in [1.82, 2.24) is 25.0 Å². The first-order valence-electron chi connectivity index (χ1n) is 7.79. The molecule has 124 valence electrons. The Morgan fingerprint density at radius 1 is 1.33 bits per heavy atom. The van der Waals surface area contributed by atoms with E-state index in [1.165, 1.54) is 5.56 Å². The first-order chi connectivity index (χ1) is 11.6. The number of carbonyl (C=O) groups excluding carboxylic acids is 1. The van der Waals surface area contributed by atoms with Gasteiger partial charge < -0.3 is 10.6 Å². The summed E-state index contributed by atoms with van der Waals surface area (Å²) in [6.45, 7) is 3.84. The molecule has 8 nitrogen and oxygen atoms in total. The Bertz CT molecular complexity index is 894. The van der Waals surface area contributed by atoms with Crippen LogP contribution in [0, 0.1) is 6.92 Å². The number of piperidine rings is 1. The van der Waals surface area contributed by atoms with Crippen molar-refractivity contribution in [3.8, 4) is 0 Å². The highest BCUT2D eigenvalue weighted by Crippen LogP contribution is 2.33. The van der Waals surface area contributed by atoms with Gasteiger partial charge in [0.15, 0.2) is 5.69 Å². The molecule has 9 heteroatoms. The van der Waals surface area contributed by atoms with Crippen LogP contribution in [-0.4, -0.2) is 44.0 Å². The monoisotopic (exact) mass is 343 g/mol. The van der Waals surface area contributed by atoms with Gasteiger partial charge in [0.05, 0.1) is 17.6 Å². The van der Waals surface area contributed by atoms with Gasteiger partial charge in [-0.2, -0.15) is 0 Å².